The van der Waals surface area contributed by atoms with Gasteiger partial charge in [-0.15, -0.1) is 0 Å². The van der Waals surface area contributed by atoms with E-state index < -0.39 is 0 Å². The summed E-state index contributed by atoms with van der Waals surface area (Å²) in [7, 11) is 2.11. The number of carbonyl (C=O) groups is 1. The Morgan fingerprint density at radius 2 is 2.36 bits per heavy atom. The Bertz CT molecular complexity index is 231. The molecular formula is C11H19NOS. The highest BCUT2D eigenvalue weighted by molar-refractivity contribution is 7.99. The van der Waals surface area contributed by atoms with Gasteiger partial charge >= 0.3 is 0 Å². The quantitative estimate of drug-likeness (QED) is 0.695. The largest absolute Gasteiger partial charge is 0.298 e. The number of thioether (sulfide) groups is 1. The van der Waals surface area contributed by atoms with Gasteiger partial charge in [0.15, 0.2) is 0 Å². The van der Waals surface area contributed by atoms with Gasteiger partial charge in [-0.1, -0.05) is 6.92 Å². The van der Waals surface area contributed by atoms with E-state index in [0.717, 1.165) is 12.5 Å². The van der Waals surface area contributed by atoms with Gasteiger partial charge in [0, 0.05) is 13.0 Å². The number of hydrogen-bond acceptors (Lipinski definition) is 3. The summed E-state index contributed by atoms with van der Waals surface area (Å²) < 4.78 is 0. The topological polar surface area (TPSA) is 20.3 Å². The highest BCUT2D eigenvalue weighted by Crippen LogP contribution is 2.38. The van der Waals surface area contributed by atoms with Crippen LogP contribution in [-0.4, -0.2) is 41.8 Å². The second kappa shape index (κ2) is 4.23. The van der Waals surface area contributed by atoms with Crippen LogP contribution in [0.4, 0.5) is 0 Å². The van der Waals surface area contributed by atoms with Crippen LogP contribution in [-0.2, 0) is 4.79 Å². The summed E-state index contributed by atoms with van der Waals surface area (Å²) in [5.41, 5.74) is 0. The first-order valence-corrected chi connectivity index (χ1v) is 6.70. The molecule has 0 bridgehead atoms. The Labute approximate surface area is 90.4 Å². The summed E-state index contributed by atoms with van der Waals surface area (Å²) in [6, 6.07) is 0.234. The molecule has 2 heterocycles. The van der Waals surface area contributed by atoms with Gasteiger partial charge in [-0.3, -0.25) is 9.69 Å². The van der Waals surface area contributed by atoms with Crippen molar-refractivity contribution in [2.24, 2.45) is 11.8 Å². The van der Waals surface area contributed by atoms with Crippen LogP contribution in [0.3, 0.4) is 0 Å². The van der Waals surface area contributed by atoms with Gasteiger partial charge in [0.2, 0.25) is 0 Å². The van der Waals surface area contributed by atoms with Crippen molar-refractivity contribution in [3.8, 4) is 0 Å². The van der Waals surface area contributed by atoms with Crippen LogP contribution in [0.1, 0.15) is 19.8 Å². The highest BCUT2D eigenvalue weighted by atomic mass is 32.2. The lowest BCUT2D eigenvalue weighted by Crippen LogP contribution is -2.38. The molecule has 14 heavy (non-hydrogen) atoms. The molecule has 0 spiro atoms. The number of likely N-dealkylation sites (N-methyl/N-ethyl adjacent to an activating group) is 1. The molecule has 2 rings (SSSR count). The van der Waals surface area contributed by atoms with E-state index in [2.05, 4.69) is 11.9 Å². The van der Waals surface area contributed by atoms with Crippen LogP contribution in [0.25, 0.3) is 0 Å². The monoisotopic (exact) mass is 213 g/mol. The summed E-state index contributed by atoms with van der Waals surface area (Å²) in [5, 5.41) is 0. The molecule has 3 heteroatoms. The maximum absolute atomic E-state index is 11.8. The van der Waals surface area contributed by atoms with E-state index in [0.29, 0.717) is 18.1 Å². The maximum Gasteiger partial charge on any atom is 0.150 e. The van der Waals surface area contributed by atoms with Crippen LogP contribution in [0.2, 0.25) is 0 Å². The Hall–Kier alpha value is -0.0200. The molecule has 0 aliphatic carbocycles. The predicted octanol–water partition coefficient (Wildman–Crippen LogP) is 1.65. The van der Waals surface area contributed by atoms with Crippen molar-refractivity contribution in [1.29, 1.82) is 0 Å². The minimum Gasteiger partial charge on any atom is -0.298 e. The predicted molar refractivity (Wildman–Crippen MR) is 60.6 cm³/mol. The van der Waals surface area contributed by atoms with Crippen molar-refractivity contribution in [2.75, 3.05) is 25.1 Å². The summed E-state index contributed by atoms with van der Waals surface area (Å²) in [6.07, 6.45) is 2.01. The molecule has 0 radical (unpaired) electrons. The number of fused-ring (bicyclic) bond motifs is 1. The third-order valence-corrected chi connectivity index (χ3v) is 4.78. The van der Waals surface area contributed by atoms with Gasteiger partial charge < -0.3 is 0 Å². The van der Waals surface area contributed by atoms with Crippen LogP contribution in [0, 0.1) is 11.8 Å². The zero-order chi connectivity index (χ0) is 10.1. The van der Waals surface area contributed by atoms with Crippen LogP contribution < -0.4 is 0 Å². The number of likely N-dealkylation sites (tertiary alicyclic amines) is 1. The van der Waals surface area contributed by atoms with Crippen molar-refractivity contribution < 1.29 is 4.79 Å². The zero-order valence-electron chi connectivity index (χ0n) is 9.03. The van der Waals surface area contributed by atoms with Crippen LogP contribution in [0.15, 0.2) is 0 Å². The molecule has 3 unspecified atom stereocenters. The zero-order valence-corrected chi connectivity index (χ0v) is 9.85. The summed E-state index contributed by atoms with van der Waals surface area (Å²) in [4.78, 5) is 14.1. The van der Waals surface area contributed by atoms with Crippen molar-refractivity contribution in [3.63, 3.8) is 0 Å². The first kappa shape index (κ1) is 10.5. The van der Waals surface area contributed by atoms with Gasteiger partial charge in [0.05, 0.1) is 6.04 Å². The van der Waals surface area contributed by atoms with Crippen LogP contribution in [0.5, 0.6) is 0 Å². The third kappa shape index (κ3) is 1.72. The Morgan fingerprint density at radius 1 is 1.57 bits per heavy atom. The average molecular weight is 213 g/mol. The number of nitrogens with zero attached hydrogens (tertiary/aromatic N) is 1. The smallest absolute Gasteiger partial charge is 0.150 e. The Kier molecular flexibility index (Phi) is 3.17. The lowest BCUT2D eigenvalue weighted by molar-refractivity contribution is -0.123. The molecule has 2 saturated heterocycles. The van der Waals surface area contributed by atoms with Gasteiger partial charge in [-0.25, -0.2) is 0 Å². The summed E-state index contributed by atoms with van der Waals surface area (Å²) in [6.45, 7) is 3.13. The van der Waals surface area contributed by atoms with E-state index in [9.17, 15) is 4.79 Å². The number of rotatable bonds is 2. The second-order valence-corrected chi connectivity index (χ2v) is 5.64. The van der Waals surface area contributed by atoms with Gasteiger partial charge in [0.1, 0.15) is 5.78 Å². The molecule has 2 nitrogen and oxygen atoms in total. The highest BCUT2D eigenvalue weighted by Gasteiger charge is 2.43. The second-order valence-electron chi connectivity index (χ2n) is 4.49. The Balaban J connectivity index is 2.11. The number of carbonyl (C=O) groups excluding carboxylic acids is 1. The lowest BCUT2D eigenvalue weighted by atomic mass is 9.87. The number of Topliss-reactive ketones (excluding diaryl/α,β-unsaturated/α-hetero) is 1. The van der Waals surface area contributed by atoms with E-state index in [1.807, 2.05) is 18.7 Å². The van der Waals surface area contributed by atoms with Crippen molar-refractivity contribution >= 4 is 17.5 Å². The Morgan fingerprint density at radius 3 is 3.07 bits per heavy atom. The SMILES string of the molecule is CCC(=O)C1C2CSCCC2CN1C. The van der Waals surface area contributed by atoms with Crippen LogP contribution >= 0.6 is 11.8 Å². The molecule has 0 aromatic carbocycles. The minimum absolute atomic E-state index is 0.234. The van der Waals surface area contributed by atoms with E-state index in [1.165, 1.54) is 17.9 Å². The molecule has 0 amide bonds. The first-order valence-electron chi connectivity index (χ1n) is 5.54. The lowest BCUT2D eigenvalue weighted by Gasteiger charge is -2.28. The maximum atomic E-state index is 11.8. The average Bonchev–Trinajstić information content (AvgIpc) is 2.53. The molecule has 2 fully saturated rings. The fourth-order valence-corrected chi connectivity index (χ4v) is 4.25. The van der Waals surface area contributed by atoms with Gasteiger partial charge in [-0.2, -0.15) is 11.8 Å². The molecule has 2 aliphatic heterocycles. The van der Waals surface area contributed by atoms with Crippen molar-refractivity contribution in [2.45, 2.75) is 25.8 Å². The van der Waals surface area contributed by atoms with Gasteiger partial charge in [0.25, 0.3) is 0 Å². The number of hydrogen-bond donors (Lipinski definition) is 0. The molecule has 0 aromatic heterocycles. The molecule has 3 atom stereocenters. The number of ketones is 1. The third-order valence-electron chi connectivity index (χ3n) is 3.63. The fourth-order valence-electron chi connectivity index (χ4n) is 2.88. The van der Waals surface area contributed by atoms with E-state index in [4.69, 9.17) is 0 Å². The minimum atomic E-state index is 0.234. The molecule has 80 valence electrons. The van der Waals surface area contributed by atoms with E-state index in [1.54, 1.807) is 0 Å². The van der Waals surface area contributed by atoms with Gasteiger partial charge in [-0.05, 0) is 36.8 Å². The molecule has 0 saturated carbocycles. The first-order chi connectivity index (χ1) is 6.74. The fraction of sp³-hybridized carbons (Fsp3) is 0.909. The summed E-state index contributed by atoms with van der Waals surface area (Å²) in [5.74, 6) is 4.38. The molecule has 2 aliphatic rings. The van der Waals surface area contributed by atoms with Crippen molar-refractivity contribution in [1.82, 2.24) is 4.90 Å². The molecule has 0 N–H and O–H groups in total. The molecular weight excluding hydrogens is 194 g/mol. The normalized spacial score (nSPS) is 38.3. The summed E-state index contributed by atoms with van der Waals surface area (Å²) >= 11 is 2.03. The van der Waals surface area contributed by atoms with E-state index >= 15 is 0 Å². The standard InChI is InChI=1S/C11H19NOS/c1-3-10(13)11-9-7-14-5-4-8(9)6-12(11)2/h8-9,11H,3-7H2,1-2H3. The van der Waals surface area contributed by atoms with Crippen molar-refractivity contribution in [3.05, 3.63) is 0 Å². The molecule has 0 aromatic rings. The van der Waals surface area contributed by atoms with E-state index in [-0.39, 0.29) is 6.04 Å².